The molecule has 3 rings (SSSR count). The van der Waals surface area contributed by atoms with Gasteiger partial charge in [0.1, 0.15) is 0 Å². The molecule has 6 nitrogen and oxygen atoms in total. The van der Waals surface area contributed by atoms with Gasteiger partial charge in [-0.15, -0.1) is 0 Å². The third-order valence-electron chi connectivity index (χ3n) is 3.66. The third-order valence-corrected chi connectivity index (χ3v) is 3.66. The number of hydrogen-bond donors (Lipinski definition) is 1. The molecule has 0 bridgehead atoms. The Balaban J connectivity index is 1.70. The summed E-state index contributed by atoms with van der Waals surface area (Å²) >= 11 is 0. The summed E-state index contributed by atoms with van der Waals surface area (Å²) in [5.41, 5.74) is 1.50. The molecule has 0 atom stereocenters. The lowest BCUT2D eigenvalue weighted by Crippen LogP contribution is -2.12. The van der Waals surface area contributed by atoms with Crippen molar-refractivity contribution in [2.75, 3.05) is 25.1 Å². The van der Waals surface area contributed by atoms with Crippen LogP contribution in [0.5, 0.6) is 11.5 Å². The Morgan fingerprint density at radius 2 is 1.68 bits per heavy atom. The molecule has 1 amide bonds. The van der Waals surface area contributed by atoms with Crippen molar-refractivity contribution in [3.8, 4) is 11.5 Å². The van der Waals surface area contributed by atoms with Crippen LogP contribution in [0.25, 0.3) is 0 Å². The van der Waals surface area contributed by atoms with E-state index in [1.54, 1.807) is 49.4 Å². The Kier molecular flexibility index (Phi) is 5.18. The molecule has 25 heavy (non-hydrogen) atoms. The van der Waals surface area contributed by atoms with Crippen molar-refractivity contribution in [2.24, 2.45) is 0 Å². The summed E-state index contributed by atoms with van der Waals surface area (Å²) in [6, 6.07) is 11.6. The number of amides is 1. The van der Waals surface area contributed by atoms with E-state index in [9.17, 15) is 9.59 Å². The minimum Gasteiger partial charge on any atom is -0.490 e. The molecule has 0 radical (unpaired) electrons. The molecule has 130 valence electrons. The molecule has 0 saturated heterocycles. The van der Waals surface area contributed by atoms with Crippen molar-refractivity contribution in [1.82, 2.24) is 0 Å². The SMILES string of the molecule is CCOC(=O)c1ccc(NC(=O)c2ccc3c(c2)OCCCO3)cc1. The van der Waals surface area contributed by atoms with Crippen LogP contribution in [0.15, 0.2) is 42.5 Å². The van der Waals surface area contributed by atoms with E-state index in [0.29, 0.717) is 48.1 Å². The fraction of sp³-hybridized carbons (Fsp3) is 0.263. The lowest BCUT2D eigenvalue weighted by molar-refractivity contribution is 0.0526. The second-order valence-electron chi connectivity index (χ2n) is 5.46. The standard InChI is InChI=1S/C19H19NO5/c1-2-23-19(22)13-4-7-15(8-5-13)20-18(21)14-6-9-16-17(12-14)25-11-3-10-24-16/h4-9,12H,2-3,10-11H2,1H3,(H,20,21). The van der Waals surface area contributed by atoms with Gasteiger partial charge in [0.15, 0.2) is 11.5 Å². The predicted octanol–water partition coefficient (Wildman–Crippen LogP) is 3.28. The van der Waals surface area contributed by atoms with Gasteiger partial charge in [-0.2, -0.15) is 0 Å². The lowest BCUT2D eigenvalue weighted by atomic mass is 10.1. The molecule has 1 heterocycles. The molecule has 0 aliphatic carbocycles. The molecular formula is C19H19NO5. The summed E-state index contributed by atoms with van der Waals surface area (Å²) < 4.78 is 16.1. The number of fused-ring (bicyclic) bond motifs is 1. The summed E-state index contributed by atoms with van der Waals surface area (Å²) in [6.07, 6.45) is 0.809. The second kappa shape index (κ2) is 7.70. The number of esters is 1. The predicted molar refractivity (Wildman–Crippen MR) is 92.4 cm³/mol. The van der Waals surface area contributed by atoms with Gasteiger partial charge >= 0.3 is 5.97 Å². The minimum absolute atomic E-state index is 0.264. The van der Waals surface area contributed by atoms with Crippen molar-refractivity contribution in [3.05, 3.63) is 53.6 Å². The number of nitrogens with one attached hydrogen (secondary N) is 1. The Morgan fingerprint density at radius 1 is 1.00 bits per heavy atom. The van der Waals surface area contributed by atoms with Crippen molar-refractivity contribution in [3.63, 3.8) is 0 Å². The van der Waals surface area contributed by atoms with Gasteiger partial charge in [0.2, 0.25) is 0 Å². The van der Waals surface area contributed by atoms with E-state index in [1.807, 2.05) is 0 Å². The minimum atomic E-state index is -0.386. The molecule has 2 aromatic carbocycles. The van der Waals surface area contributed by atoms with E-state index in [-0.39, 0.29) is 11.9 Å². The summed E-state index contributed by atoms with van der Waals surface area (Å²) in [7, 11) is 0. The number of ether oxygens (including phenoxy) is 3. The number of anilines is 1. The zero-order valence-corrected chi connectivity index (χ0v) is 13.9. The fourth-order valence-corrected chi connectivity index (χ4v) is 2.41. The first kappa shape index (κ1) is 16.8. The summed E-state index contributed by atoms with van der Waals surface area (Å²) in [4.78, 5) is 24.0. The lowest BCUT2D eigenvalue weighted by Gasteiger charge is -2.10. The number of benzene rings is 2. The van der Waals surface area contributed by atoms with Gasteiger partial charge in [-0.25, -0.2) is 4.79 Å². The molecule has 0 saturated carbocycles. The maximum atomic E-state index is 12.4. The third kappa shape index (κ3) is 4.09. The van der Waals surface area contributed by atoms with Gasteiger partial charge in [0.05, 0.1) is 25.4 Å². The van der Waals surface area contributed by atoms with Crippen molar-refractivity contribution in [2.45, 2.75) is 13.3 Å². The van der Waals surface area contributed by atoms with Gasteiger partial charge in [-0.05, 0) is 49.4 Å². The smallest absolute Gasteiger partial charge is 0.338 e. The first-order chi connectivity index (χ1) is 12.2. The van der Waals surface area contributed by atoms with Crippen molar-refractivity contribution < 1.29 is 23.8 Å². The largest absolute Gasteiger partial charge is 0.490 e. The van der Waals surface area contributed by atoms with Crippen LogP contribution in [0, 0.1) is 0 Å². The van der Waals surface area contributed by atoms with Crippen LogP contribution in [-0.2, 0) is 4.74 Å². The molecule has 0 spiro atoms. The number of carbonyl (C=O) groups excluding carboxylic acids is 2. The molecule has 0 aromatic heterocycles. The first-order valence-electron chi connectivity index (χ1n) is 8.15. The molecule has 1 aliphatic heterocycles. The maximum Gasteiger partial charge on any atom is 0.338 e. The normalized spacial score (nSPS) is 12.8. The van der Waals surface area contributed by atoms with E-state index < -0.39 is 0 Å². The number of hydrogen-bond acceptors (Lipinski definition) is 5. The van der Waals surface area contributed by atoms with Crippen LogP contribution in [0.2, 0.25) is 0 Å². The van der Waals surface area contributed by atoms with Gasteiger partial charge in [0, 0.05) is 17.7 Å². The molecule has 2 aromatic rings. The Bertz CT molecular complexity index is 770. The van der Waals surface area contributed by atoms with E-state index in [4.69, 9.17) is 14.2 Å². The average Bonchev–Trinajstić information content (AvgIpc) is 2.87. The van der Waals surface area contributed by atoms with Gasteiger partial charge < -0.3 is 19.5 Å². The van der Waals surface area contributed by atoms with Crippen LogP contribution in [0.1, 0.15) is 34.1 Å². The quantitative estimate of drug-likeness (QED) is 0.864. The Hall–Kier alpha value is -3.02. The van der Waals surface area contributed by atoms with Gasteiger partial charge in [-0.3, -0.25) is 4.79 Å². The molecule has 0 fully saturated rings. The van der Waals surface area contributed by atoms with Crippen LogP contribution in [0.4, 0.5) is 5.69 Å². The van der Waals surface area contributed by atoms with Crippen LogP contribution < -0.4 is 14.8 Å². The topological polar surface area (TPSA) is 73.9 Å². The summed E-state index contributed by atoms with van der Waals surface area (Å²) in [5.74, 6) is 0.568. The average molecular weight is 341 g/mol. The van der Waals surface area contributed by atoms with E-state index >= 15 is 0 Å². The summed E-state index contributed by atoms with van der Waals surface area (Å²) in [6.45, 7) is 3.24. The molecule has 1 N–H and O–H groups in total. The molecular weight excluding hydrogens is 322 g/mol. The van der Waals surface area contributed by atoms with Gasteiger partial charge in [0.25, 0.3) is 5.91 Å². The number of carbonyl (C=O) groups is 2. The zero-order valence-electron chi connectivity index (χ0n) is 13.9. The Labute approximate surface area is 145 Å². The zero-order chi connectivity index (χ0) is 17.6. The maximum absolute atomic E-state index is 12.4. The highest BCUT2D eigenvalue weighted by molar-refractivity contribution is 6.04. The highest BCUT2D eigenvalue weighted by atomic mass is 16.5. The Morgan fingerprint density at radius 3 is 2.40 bits per heavy atom. The van der Waals surface area contributed by atoms with Crippen LogP contribution >= 0.6 is 0 Å². The number of rotatable bonds is 4. The summed E-state index contributed by atoms with van der Waals surface area (Å²) in [5, 5.41) is 2.79. The van der Waals surface area contributed by atoms with E-state index in [1.165, 1.54) is 0 Å². The second-order valence-corrected chi connectivity index (χ2v) is 5.46. The molecule has 6 heteroatoms. The highest BCUT2D eigenvalue weighted by Gasteiger charge is 2.14. The van der Waals surface area contributed by atoms with Gasteiger partial charge in [-0.1, -0.05) is 0 Å². The molecule has 1 aliphatic rings. The molecule has 0 unspecified atom stereocenters. The fourth-order valence-electron chi connectivity index (χ4n) is 2.41. The highest BCUT2D eigenvalue weighted by Crippen LogP contribution is 2.30. The first-order valence-corrected chi connectivity index (χ1v) is 8.15. The van der Waals surface area contributed by atoms with Crippen molar-refractivity contribution in [1.29, 1.82) is 0 Å². The monoisotopic (exact) mass is 341 g/mol. The van der Waals surface area contributed by atoms with E-state index in [0.717, 1.165) is 6.42 Å². The van der Waals surface area contributed by atoms with E-state index in [2.05, 4.69) is 5.32 Å². The van der Waals surface area contributed by atoms with Crippen LogP contribution in [-0.4, -0.2) is 31.7 Å². The van der Waals surface area contributed by atoms with Crippen LogP contribution in [0.3, 0.4) is 0 Å². The van der Waals surface area contributed by atoms with Crippen molar-refractivity contribution >= 4 is 17.6 Å².